The van der Waals surface area contributed by atoms with Crippen LogP contribution in [0.5, 0.6) is 0 Å². The van der Waals surface area contributed by atoms with Crippen LogP contribution in [-0.2, 0) is 16.6 Å². The molecule has 1 aromatic carbocycles. The van der Waals surface area contributed by atoms with Crippen LogP contribution in [0.25, 0.3) is 0 Å². The molecule has 110 valence electrons. The van der Waals surface area contributed by atoms with E-state index in [2.05, 4.69) is 31.2 Å². The van der Waals surface area contributed by atoms with Gasteiger partial charge in [0.2, 0.25) is 16.4 Å². The van der Waals surface area contributed by atoms with Gasteiger partial charge >= 0.3 is 0 Å². The minimum Gasteiger partial charge on any atom is -0.384 e. The van der Waals surface area contributed by atoms with Gasteiger partial charge in [-0.3, -0.25) is 0 Å². The van der Waals surface area contributed by atoms with Crippen LogP contribution in [-0.4, -0.2) is 30.3 Å². The Morgan fingerprint density at radius 2 is 2.24 bits per heavy atom. The lowest BCUT2D eigenvalue weighted by Gasteiger charge is -2.07. The number of nitrogens with one attached hydrogen (secondary N) is 1. The number of aliphatic hydroxyl groups excluding tert-OH is 1. The molecular formula is C12H10FN3O4S. The van der Waals surface area contributed by atoms with E-state index in [4.69, 9.17) is 5.11 Å². The van der Waals surface area contributed by atoms with Crippen LogP contribution in [0.1, 0.15) is 11.4 Å². The summed E-state index contributed by atoms with van der Waals surface area (Å²) < 4.78 is 44.3. The van der Waals surface area contributed by atoms with Crippen LogP contribution in [0.4, 0.5) is 4.39 Å². The zero-order valence-corrected chi connectivity index (χ0v) is 11.4. The Morgan fingerprint density at radius 3 is 2.90 bits per heavy atom. The van der Waals surface area contributed by atoms with E-state index in [0.29, 0.717) is 0 Å². The number of hydrogen-bond acceptors (Lipinski definition) is 6. The zero-order chi connectivity index (χ0) is 15.3. The van der Waals surface area contributed by atoms with Crippen LogP contribution in [0, 0.1) is 17.7 Å². The molecule has 2 N–H and O–H groups in total. The lowest BCUT2D eigenvalue weighted by molar-refractivity contribution is 0.350. The van der Waals surface area contributed by atoms with E-state index < -0.39 is 22.4 Å². The summed E-state index contributed by atoms with van der Waals surface area (Å²) in [6.45, 7) is -0.643. The number of benzene rings is 1. The highest BCUT2D eigenvalue weighted by molar-refractivity contribution is 7.89. The third kappa shape index (κ3) is 3.85. The highest BCUT2D eigenvalue weighted by Crippen LogP contribution is 2.16. The Labute approximate surface area is 119 Å². The largest absolute Gasteiger partial charge is 0.384 e. The molecule has 0 aliphatic rings. The van der Waals surface area contributed by atoms with E-state index >= 15 is 0 Å². The fourth-order valence-electron chi connectivity index (χ4n) is 1.48. The van der Waals surface area contributed by atoms with Crippen molar-refractivity contribution in [1.29, 1.82) is 0 Å². The molecule has 0 radical (unpaired) electrons. The summed E-state index contributed by atoms with van der Waals surface area (Å²) >= 11 is 0. The molecule has 2 aromatic rings. The minimum atomic E-state index is -3.94. The number of nitrogens with zero attached hydrogens (tertiary/aromatic N) is 2. The molecule has 0 amide bonds. The Bertz CT molecular complexity index is 779. The second-order valence-electron chi connectivity index (χ2n) is 3.77. The van der Waals surface area contributed by atoms with Crippen LogP contribution >= 0.6 is 0 Å². The van der Waals surface area contributed by atoms with Crippen molar-refractivity contribution in [2.45, 2.75) is 11.4 Å². The first-order valence-electron chi connectivity index (χ1n) is 5.67. The summed E-state index contributed by atoms with van der Waals surface area (Å²) in [7, 11) is -3.94. The second-order valence-corrected chi connectivity index (χ2v) is 5.51. The third-order valence-corrected chi connectivity index (χ3v) is 3.82. The third-order valence-electron chi connectivity index (χ3n) is 2.36. The first-order chi connectivity index (χ1) is 10.0. The summed E-state index contributed by atoms with van der Waals surface area (Å²) in [5.74, 6) is 4.20. The highest BCUT2D eigenvalue weighted by Gasteiger charge is 2.19. The van der Waals surface area contributed by atoms with E-state index in [-0.39, 0.29) is 22.8 Å². The molecule has 2 rings (SSSR count). The molecule has 1 heterocycles. The average molecular weight is 311 g/mol. The van der Waals surface area contributed by atoms with Gasteiger partial charge in [-0.05, 0) is 18.2 Å². The Balaban J connectivity index is 2.30. The monoisotopic (exact) mass is 311 g/mol. The molecule has 1 aromatic heterocycles. The average Bonchev–Trinajstić information content (AvgIpc) is 2.96. The van der Waals surface area contributed by atoms with Gasteiger partial charge in [0.25, 0.3) is 0 Å². The lowest BCUT2D eigenvalue weighted by atomic mass is 10.2. The predicted molar refractivity (Wildman–Crippen MR) is 68.7 cm³/mol. The fraction of sp³-hybridized carbons (Fsp3) is 0.167. The van der Waals surface area contributed by atoms with E-state index in [9.17, 15) is 12.8 Å². The van der Waals surface area contributed by atoms with Crippen molar-refractivity contribution in [2.75, 3.05) is 6.61 Å². The fourth-order valence-corrected chi connectivity index (χ4v) is 2.60. The van der Waals surface area contributed by atoms with E-state index in [0.717, 1.165) is 24.6 Å². The van der Waals surface area contributed by atoms with E-state index in [1.54, 1.807) is 0 Å². The maximum atomic E-state index is 13.2. The van der Waals surface area contributed by atoms with Gasteiger partial charge in [-0.1, -0.05) is 17.0 Å². The Hall–Kier alpha value is -2.28. The van der Waals surface area contributed by atoms with Crippen molar-refractivity contribution in [2.24, 2.45) is 0 Å². The molecular weight excluding hydrogens is 301 g/mol. The summed E-state index contributed by atoms with van der Waals surface area (Å²) in [6, 6.07) is 3.08. The standard InChI is InChI=1S/C12H10FN3O4S/c13-10-3-4-11(9(6-10)2-1-5-17)21(18,19)15-7-12-14-8-20-16-12/h3-4,6,8,15,17H,5,7H2. The van der Waals surface area contributed by atoms with Crippen LogP contribution in [0.15, 0.2) is 34.0 Å². The number of hydrogen-bond donors (Lipinski definition) is 2. The Morgan fingerprint density at radius 1 is 1.43 bits per heavy atom. The first-order valence-corrected chi connectivity index (χ1v) is 7.15. The SMILES string of the molecule is O=S(=O)(NCc1ncon1)c1ccc(F)cc1C#CCO. The number of halogens is 1. The highest BCUT2D eigenvalue weighted by atomic mass is 32.2. The Kier molecular flexibility index (Phi) is 4.64. The van der Waals surface area contributed by atoms with Crippen LogP contribution in [0.3, 0.4) is 0 Å². The van der Waals surface area contributed by atoms with Gasteiger partial charge in [0.05, 0.1) is 11.4 Å². The number of aliphatic hydroxyl groups is 1. The number of aromatic nitrogens is 2. The summed E-state index contributed by atoms with van der Waals surface area (Å²) in [5.41, 5.74) is -0.0512. The molecule has 0 saturated carbocycles. The van der Waals surface area contributed by atoms with Crippen molar-refractivity contribution >= 4 is 10.0 Å². The van der Waals surface area contributed by atoms with Crippen molar-refractivity contribution in [3.63, 3.8) is 0 Å². The van der Waals surface area contributed by atoms with Gasteiger partial charge in [-0.15, -0.1) is 0 Å². The van der Waals surface area contributed by atoms with Gasteiger partial charge in [-0.2, -0.15) is 4.98 Å². The minimum absolute atomic E-state index is 0.0512. The lowest BCUT2D eigenvalue weighted by Crippen LogP contribution is -2.24. The summed E-state index contributed by atoms with van der Waals surface area (Å²) in [6.07, 6.45) is 1.07. The van der Waals surface area contributed by atoms with Crippen molar-refractivity contribution in [3.05, 3.63) is 41.8 Å². The normalized spacial score (nSPS) is 11.0. The molecule has 21 heavy (non-hydrogen) atoms. The van der Waals surface area contributed by atoms with Gasteiger partial charge in [-0.25, -0.2) is 17.5 Å². The van der Waals surface area contributed by atoms with Gasteiger partial charge in [0.15, 0.2) is 5.82 Å². The van der Waals surface area contributed by atoms with Crippen LogP contribution in [0.2, 0.25) is 0 Å². The number of sulfonamides is 1. The molecule has 0 saturated heterocycles. The van der Waals surface area contributed by atoms with Crippen molar-refractivity contribution in [1.82, 2.24) is 14.9 Å². The van der Waals surface area contributed by atoms with Gasteiger partial charge in [0, 0.05) is 5.56 Å². The molecule has 0 bridgehead atoms. The van der Waals surface area contributed by atoms with Crippen molar-refractivity contribution < 1.29 is 22.4 Å². The predicted octanol–water partition coefficient (Wildman–Crippen LogP) is 0.0310. The molecule has 0 aliphatic carbocycles. The molecule has 0 unspecified atom stereocenters. The zero-order valence-electron chi connectivity index (χ0n) is 10.6. The molecule has 0 atom stereocenters. The summed E-state index contributed by atoms with van der Waals surface area (Å²) in [5, 5.41) is 12.1. The quantitative estimate of drug-likeness (QED) is 0.772. The summed E-state index contributed by atoms with van der Waals surface area (Å²) in [4.78, 5) is 3.47. The van der Waals surface area contributed by atoms with Gasteiger partial charge in [0.1, 0.15) is 12.4 Å². The second kappa shape index (κ2) is 6.45. The maximum absolute atomic E-state index is 13.2. The topological polar surface area (TPSA) is 105 Å². The van der Waals surface area contributed by atoms with E-state index in [1.165, 1.54) is 0 Å². The molecule has 0 fully saturated rings. The molecule has 0 aliphatic heterocycles. The molecule has 9 heteroatoms. The molecule has 7 nitrogen and oxygen atoms in total. The number of rotatable bonds is 4. The van der Waals surface area contributed by atoms with E-state index in [1.807, 2.05) is 0 Å². The van der Waals surface area contributed by atoms with Crippen molar-refractivity contribution in [3.8, 4) is 11.8 Å². The smallest absolute Gasteiger partial charge is 0.242 e. The molecule has 0 spiro atoms. The van der Waals surface area contributed by atoms with Gasteiger partial charge < -0.3 is 9.63 Å². The van der Waals surface area contributed by atoms with Crippen LogP contribution < -0.4 is 4.72 Å². The first kappa shape index (κ1) is 15.1. The maximum Gasteiger partial charge on any atom is 0.242 e.